The lowest BCUT2D eigenvalue weighted by Gasteiger charge is -2.09. The monoisotopic (exact) mass is 307 g/mol. The van der Waals surface area contributed by atoms with Crippen molar-refractivity contribution < 1.29 is 8.42 Å². The maximum atomic E-state index is 12.1. The third-order valence-electron chi connectivity index (χ3n) is 2.48. The highest BCUT2D eigenvalue weighted by Gasteiger charge is 2.14. The first-order valence-electron chi connectivity index (χ1n) is 5.60. The fourth-order valence-electron chi connectivity index (χ4n) is 1.64. The first-order chi connectivity index (χ1) is 9.50. The lowest BCUT2D eigenvalue weighted by Crippen LogP contribution is -2.15. The van der Waals surface area contributed by atoms with Crippen molar-refractivity contribution >= 4 is 27.3 Å². The number of nitrogens with one attached hydrogen (secondary N) is 1. The van der Waals surface area contributed by atoms with E-state index in [1.165, 1.54) is 18.3 Å². The molecule has 0 unspecified atom stereocenters. The van der Waals surface area contributed by atoms with Crippen molar-refractivity contribution in [1.82, 2.24) is 4.98 Å². The topological polar surface area (TPSA) is 82.8 Å². The summed E-state index contributed by atoms with van der Waals surface area (Å²) in [6, 6.07) is 11.4. The quantitative estimate of drug-likeness (QED) is 0.880. The molecule has 0 atom stereocenters. The molecule has 7 heteroatoms. The smallest absolute Gasteiger partial charge is 0.236 e. The molecule has 0 radical (unpaired) electrons. The molecule has 2 rings (SSSR count). The van der Waals surface area contributed by atoms with Gasteiger partial charge in [-0.1, -0.05) is 29.8 Å². The first kappa shape index (κ1) is 14.3. The zero-order chi connectivity index (χ0) is 14.6. The van der Waals surface area contributed by atoms with Gasteiger partial charge in [-0.05, 0) is 23.8 Å². The zero-order valence-electron chi connectivity index (χ0n) is 10.2. The third-order valence-corrected chi connectivity index (χ3v) is 3.93. The molecular formula is C13H10ClN3O2S. The number of nitriles is 1. The van der Waals surface area contributed by atoms with Crippen LogP contribution in [0, 0.1) is 11.3 Å². The second kappa shape index (κ2) is 5.90. The van der Waals surface area contributed by atoms with Crippen LogP contribution < -0.4 is 4.72 Å². The summed E-state index contributed by atoms with van der Waals surface area (Å²) < 4.78 is 26.5. The Morgan fingerprint density at radius 3 is 2.75 bits per heavy atom. The number of sulfonamides is 1. The Labute approximate surface area is 121 Å². The molecule has 0 fully saturated rings. The molecule has 0 saturated carbocycles. The molecule has 1 N–H and O–H groups in total. The molecule has 0 aliphatic carbocycles. The minimum absolute atomic E-state index is 0.197. The van der Waals surface area contributed by atoms with Gasteiger partial charge in [-0.25, -0.2) is 13.4 Å². The Morgan fingerprint density at radius 1 is 1.30 bits per heavy atom. The minimum Gasteiger partial charge on any atom is -0.283 e. The highest BCUT2D eigenvalue weighted by molar-refractivity contribution is 7.91. The second-order valence-corrected chi connectivity index (χ2v) is 6.11. The number of hydrogen-bond donors (Lipinski definition) is 1. The van der Waals surface area contributed by atoms with Crippen LogP contribution in [0.3, 0.4) is 0 Å². The summed E-state index contributed by atoms with van der Waals surface area (Å²) >= 11 is 5.69. The van der Waals surface area contributed by atoms with Crippen molar-refractivity contribution in [2.45, 2.75) is 5.75 Å². The Hall–Kier alpha value is -2.10. The highest BCUT2D eigenvalue weighted by Crippen LogP contribution is 2.17. The molecule has 0 amide bonds. The Bertz CT molecular complexity index is 769. The van der Waals surface area contributed by atoms with E-state index in [-0.39, 0.29) is 10.9 Å². The molecule has 1 aromatic heterocycles. The lowest BCUT2D eigenvalue weighted by molar-refractivity contribution is 0.600. The maximum absolute atomic E-state index is 12.1. The van der Waals surface area contributed by atoms with Crippen LogP contribution in [0.5, 0.6) is 0 Å². The SMILES string of the molecule is N#Cc1ccccc1CS(=O)(=O)Nc1ccnc(Cl)c1. The minimum atomic E-state index is -3.62. The predicted molar refractivity (Wildman–Crippen MR) is 76.7 cm³/mol. The lowest BCUT2D eigenvalue weighted by atomic mass is 10.1. The van der Waals surface area contributed by atoms with Crippen LogP contribution in [0.15, 0.2) is 42.6 Å². The van der Waals surface area contributed by atoms with Crippen LogP contribution in [0.25, 0.3) is 0 Å². The zero-order valence-corrected chi connectivity index (χ0v) is 11.8. The van der Waals surface area contributed by atoms with Crippen LogP contribution >= 0.6 is 11.6 Å². The molecule has 0 bridgehead atoms. The van der Waals surface area contributed by atoms with Crippen molar-refractivity contribution in [1.29, 1.82) is 5.26 Å². The number of anilines is 1. The number of rotatable bonds is 4. The van der Waals surface area contributed by atoms with E-state index in [1.54, 1.807) is 24.3 Å². The van der Waals surface area contributed by atoms with E-state index in [0.29, 0.717) is 16.8 Å². The Kier molecular flexibility index (Phi) is 4.23. The summed E-state index contributed by atoms with van der Waals surface area (Å²) in [5.41, 5.74) is 1.12. The molecule has 102 valence electrons. The largest absolute Gasteiger partial charge is 0.283 e. The van der Waals surface area contributed by atoms with Crippen molar-refractivity contribution in [2.75, 3.05) is 4.72 Å². The van der Waals surface area contributed by atoms with Gasteiger partial charge in [-0.2, -0.15) is 5.26 Å². The molecule has 5 nitrogen and oxygen atoms in total. The number of nitrogens with zero attached hydrogens (tertiary/aromatic N) is 2. The van der Waals surface area contributed by atoms with Crippen LogP contribution in [-0.4, -0.2) is 13.4 Å². The van der Waals surface area contributed by atoms with Crippen molar-refractivity contribution in [3.8, 4) is 6.07 Å². The molecule has 0 saturated heterocycles. The van der Waals surface area contributed by atoms with Crippen LogP contribution in [0.2, 0.25) is 5.15 Å². The average Bonchev–Trinajstić information content (AvgIpc) is 2.38. The summed E-state index contributed by atoms with van der Waals surface area (Å²) in [4.78, 5) is 3.77. The predicted octanol–water partition coefficient (Wildman–Crippen LogP) is 2.55. The van der Waals surface area contributed by atoms with Crippen LogP contribution in [-0.2, 0) is 15.8 Å². The van der Waals surface area contributed by atoms with E-state index < -0.39 is 10.0 Å². The van der Waals surface area contributed by atoms with Crippen molar-refractivity contribution in [3.63, 3.8) is 0 Å². The Balaban J connectivity index is 2.22. The molecule has 0 aliphatic rings. The number of hydrogen-bond acceptors (Lipinski definition) is 4. The van der Waals surface area contributed by atoms with Gasteiger partial charge in [-0.3, -0.25) is 4.72 Å². The normalized spacial score (nSPS) is 10.8. The molecule has 0 aliphatic heterocycles. The first-order valence-corrected chi connectivity index (χ1v) is 7.63. The van der Waals surface area contributed by atoms with E-state index >= 15 is 0 Å². The fourth-order valence-corrected chi connectivity index (χ4v) is 3.03. The number of pyridine rings is 1. The van der Waals surface area contributed by atoms with Crippen molar-refractivity contribution in [3.05, 3.63) is 58.9 Å². The summed E-state index contributed by atoms with van der Waals surface area (Å²) in [7, 11) is -3.62. The summed E-state index contributed by atoms with van der Waals surface area (Å²) in [5.74, 6) is -0.281. The van der Waals surface area contributed by atoms with Gasteiger partial charge in [0.1, 0.15) is 5.15 Å². The molecular weight excluding hydrogens is 298 g/mol. The van der Waals surface area contributed by atoms with Gasteiger partial charge in [0.05, 0.1) is 23.1 Å². The van der Waals surface area contributed by atoms with Gasteiger partial charge in [0.2, 0.25) is 10.0 Å². The van der Waals surface area contributed by atoms with Gasteiger partial charge >= 0.3 is 0 Å². The molecule has 1 aromatic carbocycles. The summed E-state index contributed by atoms with van der Waals surface area (Å²) in [6.45, 7) is 0. The summed E-state index contributed by atoms with van der Waals surface area (Å²) in [5, 5.41) is 9.15. The van der Waals surface area contributed by atoms with E-state index in [0.717, 1.165) is 0 Å². The van der Waals surface area contributed by atoms with Gasteiger partial charge in [0.15, 0.2) is 0 Å². The van der Waals surface area contributed by atoms with Crippen molar-refractivity contribution in [2.24, 2.45) is 0 Å². The van der Waals surface area contributed by atoms with E-state index in [1.807, 2.05) is 6.07 Å². The van der Waals surface area contributed by atoms with E-state index in [4.69, 9.17) is 16.9 Å². The maximum Gasteiger partial charge on any atom is 0.236 e. The standard InChI is InChI=1S/C13H10ClN3O2S/c14-13-7-12(5-6-16-13)17-20(18,19)9-11-4-2-1-3-10(11)8-15/h1-7H,9H2,(H,16,17). The van der Waals surface area contributed by atoms with Gasteiger partial charge in [0, 0.05) is 6.20 Å². The number of benzene rings is 1. The molecule has 2 aromatic rings. The molecule has 0 spiro atoms. The molecule has 20 heavy (non-hydrogen) atoms. The Morgan fingerprint density at radius 2 is 2.05 bits per heavy atom. The second-order valence-electron chi connectivity index (χ2n) is 4.00. The van der Waals surface area contributed by atoms with Gasteiger partial charge in [-0.15, -0.1) is 0 Å². The number of halogens is 1. The van der Waals surface area contributed by atoms with Crippen LogP contribution in [0.4, 0.5) is 5.69 Å². The molecule has 1 heterocycles. The van der Waals surface area contributed by atoms with Crippen LogP contribution in [0.1, 0.15) is 11.1 Å². The van der Waals surface area contributed by atoms with Gasteiger partial charge < -0.3 is 0 Å². The average molecular weight is 308 g/mol. The number of aromatic nitrogens is 1. The fraction of sp³-hybridized carbons (Fsp3) is 0.0769. The van der Waals surface area contributed by atoms with Gasteiger partial charge in [0.25, 0.3) is 0 Å². The van der Waals surface area contributed by atoms with E-state index in [2.05, 4.69) is 9.71 Å². The summed E-state index contributed by atoms with van der Waals surface area (Å²) in [6.07, 6.45) is 1.41. The van der Waals surface area contributed by atoms with E-state index in [9.17, 15) is 8.42 Å². The highest BCUT2D eigenvalue weighted by atomic mass is 35.5. The third kappa shape index (κ3) is 3.70.